The molecule has 0 unspecified atom stereocenters. The number of nitrogens with one attached hydrogen (secondary N) is 2. The fourth-order valence-electron chi connectivity index (χ4n) is 3.40. The summed E-state index contributed by atoms with van der Waals surface area (Å²) in [4.78, 5) is 17.0. The van der Waals surface area contributed by atoms with Crippen LogP contribution in [0.4, 0.5) is 0 Å². The van der Waals surface area contributed by atoms with E-state index in [4.69, 9.17) is 0 Å². The Morgan fingerprint density at radius 3 is 2.58 bits per heavy atom. The molecule has 3 N–H and O–H groups in total. The van der Waals surface area contributed by atoms with Crippen LogP contribution in [0, 0.1) is 0 Å². The number of carbonyl (C=O) groups is 1. The number of carbonyl (C=O) groups excluding carboxylic acids is 1. The van der Waals surface area contributed by atoms with E-state index in [1.807, 2.05) is 12.1 Å². The molecule has 0 saturated heterocycles. The van der Waals surface area contributed by atoms with Crippen LogP contribution in [-0.4, -0.2) is 38.3 Å². The topological polar surface area (TPSA) is 90.9 Å². The average Bonchev–Trinajstić information content (AvgIpc) is 3.16. The Morgan fingerprint density at radius 2 is 1.96 bits per heavy atom. The molecule has 4 rings (SSSR count). The summed E-state index contributed by atoms with van der Waals surface area (Å²) in [6.45, 7) is -0.00203. The van der Waals surface area contributed by atoms with Gasteiger partial charge in [-0.05, 0) is 37.8 Å². The lowest BCUT2D eigenvalue weighted by molar-refractivity contribution is 0.0838. The Bertz CT molecular complexity index is 728. The molecular weight excluding hydrogens is 304 g/mol. The highest BCUT2D eigenvalue weighted by Crippen LogP contribution is 2.38. The number of aliphatic hydroxyl groups excluding tert-OH is 1. The zero-order valence-electron chi connectivity index (χ0n) is 13.6. The summed E-state index contributed by atoms with van der Waals surface area (Å²) in [5, 5.41) is 19.9. The predicted molar refractivity (Wildman–Crippen MR) is 89.5 cm³/mol. The van der Waals surface area contributed by atoms with E-state index < -0.39 is 5.54 Å². The van der Waals surface area contributed by atoms with E-state index in [2.05, 4.69) is 20.5 Å². The lowest BCUT2D eigenvalue weighted by atomic mass is 9.98. The molecule has 1 amide bonds. The lowest BCUT2D eigenvalue weighted by Gasteiger charge is -2.28. The predicted octanol–water partition coefficient (Wildman–Crippen LogP) is 2.38. The molecule has 2 aliphatic rings. The van der Waals surface area contributed by atoms with Gasteiger partial charge in [-0.25, -0.2) is 4.98 Å². The number of benzene rings is 1. The van der Waals surface area contributed by atoms with Gasteiger partial charge < -0.3 is 10.4 Å². The van der Waals surface area contributed by atoms with Crippen LogP contribution >= 0.6 is 0 Å². The van der Waals surface area contributed by atoms with Gasteiger partial charge in [-0.15, -0.1) is 0 Å². The first-order chi connectivity index (χ1) is 11.7. The summed E-state index contributed by atoms with van der Waals surface area (Å²) >= 11 is 0. The Kier molecular flexibility index (Phi) is 3.84. The molecule has 1 aromatic heterocycles. The van der Waals surface area contributed by atoms with Gasteiger partial charge in [0.2, 0.25) is 0 Å². The largest absolute Gasteiger partial charge is 0.394 e. The quantitative estimate of drug-likeness (QED) is 0.787. The molecule has 0 spiro atoms. The van der Waals surface area contributed by atoms with Crippen LogP contribution in [-0.2, 0) is 0 Å². The third-order valence-corrected chi connectivity index (χ3v) is 5.11. The SMILES string of the molecule is O=C(NC1(CO)CCCC1)c1ccc(-c2n[nH]c(C3CC3)n2)cc1. The monoisotopic (exact) mass is 326 g/mol. The fourth-order valence-corrected chi connectivity index (χ4v) is 3.40. The van der Waals surface area contributed by atoms with Crippen molar-refractivity contribution >= 4 is 5.91 Å². The first-order valence-electron chi connectivity index (χ1n) is 8.65. The van der Waals surface area contributed by atoms with Crippen molar-refractivity contribution in [3.63, 3.8) is 0 Å². The first-order valence-corrected chi connectivity index (χ1v) is 8.65. The van der Waals surface area contributed by atoms with Crippen LogP contribution in [0.3, 0.4) is 0 Å². The Hall–Kier alpha value is -2.21. The number of hydrogen-bond acceptors (Lipinski definition) is 4. The number of aliphatic hydroxyl groups is 1. The Morgan fingerprint density at radius 1 is 1.25 bits per heavy atom. The van der Waals surface area contributed by atoms with Crippen molar-refractivity contribution in [1.29, 1.82) is 0 Å². The summed E-state index contributed by atoms with van der Waals surface area (Å²) in [6, 6.07) is 7.32. The van der Waals surface area contributed by atoms with E-state index in [0.29, 0.717) is 17.3 Å². The van der Waals surface area contributed by atoms with Crippen LogP contribution in [0.5, 0.6) is 0 Å². The van der Waals surface area contributed by atoms with E-state index in [-0.39, 0.29) is 12.5 Å². The third kappa shape index (κ3) is 2.94. The number of hydrogen-bond donors (Lipinski definition) is 3. The van der Waals surface area contributed by atoms with Crippen LogP contribution in [0.15, 0.2) is 24.3 Å². The van der Waals surface area contributed by atoms with Crippen molar-refractivity contribution in [2.24, 2.45) is 0 Å². The lowest BCUT2D eigenvalue weighted by Crippen LogP contribution is -2.49. The van der Waals surface area contributed by atoms with Gasteiger partial charge in [0.05, 0.1) is 12.1 Å². The molecule has 1 aromatic carbocycles. The molecule has 126 valence electrons. The van der Waals surface area contributed by atoms with Crippen molar-refractivity contribution in [3.05, 3.63) is 35.7 Å². The van der Waals surface area contributed by atoms with Gasteiger partial charge in [0.25, 0.3) is 5.91 Å². The van der Waals surface area contributed by atoms with Crippen molar-refractivity contribution in [2.75, 3.05) is 6.61 Å². The van der Waals surface area contributed by atoms with Crippen molar-refractivity contribution in [2.45, 2.75) is 50.0 Å². The smallest absolute Gasteiger partial charge is 0.251 e. The van der Waals surface area contributed by atoms with E-state index in [9.17, 15) is 9.90 Å². The Balaban J connectivity index is 1.47. The number of H-pyrrole nitrogens is 1. The molecule has 2 saturated carbocycles. The van der Waals surface area contributed by atoms with Crippen molar-refractivity contribution in [3.8, 4) is 11.4 Å². The van der Waals surface area contributed by atoms with Crippen molar-refractivity contribution < 1.29 is 9.90 Å². The number of aromatic amines is 1. The molecular formula is C18H22N4O2. The van der Waals surface area contributed by atoms with Crippen molar-refractivity contribution in [1.82, 2.24) is 20.5 Å². The van der Waals surface area contributed by atoms with Gasteiger partial charge in [-0.2, -0.15) is 5.10 Å². The molecule has 0 aliphatic heterocycles. The molecule has 0 atom stereocenters. The van der Waals surface area contributed by atoms with Crippen LogP contribution < -0.4 is 5.32 Å². The van der Waals surface area contributed by atoms with Gasteiger partial charge in [0.1, 0.15) is 5.82 Å². The molecule has 2 fully saturated rings. The molecule has 2 aliphatic carbocycles. The molecule has 0 bridgehead atoms. The fraction of sp³-hybridized carbons (Fsp3) is 0.500. The van der Waals surface area contributed by atoms with E-state index in [0.717, 1.165) is 37.1 Å². The molecule has 24 heavy (non-hydrogen) atoms. The summed E-state index contributed by atoms with van der Waals surface area (Å²) in [5.74, 6) is 2.04. The van der Waals surface area contributed by atoms with E-state index in [1.165, 1.54) is 12.8 Å². The minimum absolute atomic E-state index is 0.00203. The Labute approximate surface area is 140 Å². The molecule has 6 heteroatoms. The number of nitrogens with zero attached hydrogens (tertiary/aromatic N) is 2. The van der Waals surface area contributed by atoms with E-state index >= 15 is 0 Å². The molecule has 2 aromatic rings. The second kappa shape index (κ2) is 6.02. The highest BCUT2D eigenvalue weighted by atomic mass is 16.3. The van der Waals surface area contributed by atoms with Gasteiger partial charge in [0, 0.05) is 17.0 Å². The molecule has 0 radical (unpaired) electrons. The van der Waals surface area contributed by atoms with Gasteiger partial charge in [0.15, 0.2) is 5.82 Å². The molecule has 1 heterocycles. The third-order valence-electron chi connectivity index (χ3n) is 5.11. The zero-order chi connectivity index (χ0) is 16.6. The minimum Gasteiger partial charge on any atom is -0.394 e. The normalized spacial score (nSPS) is 19.4. The summed E-state index contributed by atoms with van der Waals surface area (Å²) < 4.78 is 0. The van der Waals surface area contributed by atoms with Gasteiger partial charge in [-0.1, -0.05) is 25.0 Å². The van der Waals surface area contributed by atoms with Crippen LogP contribution in [0.1, 0.15) is 60.6 Å². The second-order valence-corrected chi connectivity index (χ2v) is 7.00. The first kappa shape index (κ1) is 15.3. The highest BCUT2D eigenvalue weighted by Gasteiger charge is 2.34. The highest BCUT2D eigenvalue weighted by molar-refractivity contribution is 5.95. The number of amides is 1. The standard InChI is InChI=1S/C18H22N4O2/c23-11-18(9-1-2-10-18)20-17(24)14-7-5-13(6-8-14)16-19-15(21-22-16)12-3-4-12/h5-8,12,23H,1-4,9-11H2,(H,20,24)(H,19,21,22). The number of rotatable bonds is 5. The molecule has 6 nitrogen and oxygen atoms in total. The average molecular weight is 326 g/mol. The minimum atomic E-state index is -0.446. The van der Waals surface area contributed by atoms with Crippen LogP contribution in [0.25, 0.3) is 11.4 Å². The summed E-state index contributed by atoms with van der Waals surface area (Å²) in [7, 11) is 0. The second-order valence-electron chi connectivity index (χ2n) is 7.00. The van der Waals surface area contributed by atoms with Crippen LogP contribution in [0.2, 0.25) is 0 Å². The van der Waals surface area contributed by atoms with E-state index in [1.54, 1.807) is 12.1 Å². The van der Waals surface area contributed by atoms with Gasteiger partial charge >= 0.3 is 0 Å². The van der Waals surface area contributed by atoms with Gasteiger partial charge in [-0.3, -0.25) is 9.89 Å². The number of aromatic nitrogens is 3. The summed E-state index contributed by atoms with van der Waals surface area (Å²) in [5.41, 5.74) is 1.04. The summed E-state index contributed by atoms with van der Waals surface area (Å²) in [6.07, 6.45) is 6.14. The maximum atomic E-state index is 12.5. The zero-order valence-corrected chi connectivity index (χ0v) is 13.6. The maximum Gasteiger partial charge on any atom is 0.251 e. The maximum absolute atomic E-state index is 12.5.